The number of benzene rings is 2. The number of hydrogen-bond acceptors (Lipinski definition) is 3. The van der Waals surface area contributed by atoms with E-state index < -0.39 is 10.0 Å². The number of rotatable bonds is 3. The average molecular weight is 356 g/mol. The van der Waals surface area contributed by atoms with Crippen molar-refractivity contribution in [1.29, 1.82) is 0 Å². The number of amides is 1. The third kappa shape index (κ3) is 2.91. The lowest BCUT2D eigenvalue weighted by molar-refractivity contribution is -0.119. The monoisotopic (exact) mass is 356 g/mol. The molecule has 0 radical (unpaired) electrons. The Morgan fingerprint density at radius 3 is 2.52 bits per heavy atom. The maximum Gasteiger partial charge on any atom is 0.264 e. The third-order valence-electron chi connectivity index (χ3n) is 4.98. The normalized spacial score (nSPS) is 20.2. The highest BCUT2D eigenvalue weighted by Crippen LogP contribution is 2.32. The number of nitrogens with one attached hydrogen (secondary N) is 1. The van der Waals surface area contributed by atoms with Crippen LogP contribution >= 0.6 is 0 Å². The predicted octanol–water partition coefficient (Wildman–Crippen LogP) is 2.43. The molecule has 1 saturated heterocycles. The summed E-state index contributed by atoms with van der Waals surface area (Å²) < 4.78 is 27.7. The molecule has 2 aromatic carbocycles. The Bertz CT molecular complexity index is 907. The van der Waals surface area contributed by atoms with E-state index in [1.54, 1.807) is 12.1 Å². The molecule has 0 unspecified atom stereocenters. The van der Waals surface area contributed by atoms with Gasteiger partial charge in [-0.1, -0.05) is 30.3 Å². The van der Waals surface area contributed by atoms with Gasteiger partial charge < -0.3 is 5.32 Å². The van der Waals surface area contributed by atoms with Gasteiger partial charge in [-0.3, -0.25) is 9.10 Å². The highest BCUT2D eigenvalue weighted by atomic mass is 32.2. The van der Waals surface area contributed by atoms with Gasteiger partial charge in [0.05, 0.1) is 10.6 Å². The molecule has 2 aliphatic rings. The van der Waals surface area contributed by atoms with Crippen LogP contribution in [0.5, 0.6) is 0 Å². The van der Waals surface area contributed by atoms with Crippen LogP contribution < -0.4 is 9.62 Å². The highest BCUT2D eigenvalue weighted by molar-refractivity contribution is 7.92. The van der Waals surface area contributed by atoms with Gasteiger partial charge in [-0.25, -0.2) is 8.42 Å². The summed E-state index contributed by atoms with van der Waals surface area (Å²) in [7, 11) is -3.58. The lowest BCUT2D eigenvalue weighted by atomic mass is 9.99. The number of para-hydroxylation sites is 1. The van der Waals surface area contributed by atoms with Crippen LogP contribution in [-0.4, -0.2) is 27.4 Å². The molecule has 25 heavy (non-hydrogen) atoms. The Labute approximate surface area is 147 Å². The summed E-state index contributed by atoms with van der Waals surface area (Å²) in [6, 6.07) is 14.7. The fourth-order valence-corrected chi connectivity index (χ4v) is 5.17. The van der Waals surface area contributed by atoms with Crippen LogP contribution in [0.2, 0.25) is 0 Å². The first-order valence-electron chi connectivity index (χ1n) is 8.53. The molecule has 2 aromatic rings. The Balaban J connectivity index is 1.64. The zero-order valence-corrected chi connectivity index (χ0v) is 14.6. The number of aryl methyl sites for hydroxylation is 1. The number of anilines is 1. The predicted molar refractivity (Wildman–Crippen MR) is 96.1 cm³/mol. The maximum atomic E-state index is 13.1. The fraction of sp³-hybridized carbons (Fsp3) is 0.316. The van der Waals surface area contributed by atoms with Crippen LogP contribution in [-0.2, 0) is 21.2 Å². The summed E-state index contributed by atoms with van der Waals surface area (Å²) in [5, 5.41) is 2.81. The molecule has 5 nitrogen and oxygen atoms in total. The lowest BCUT2D eigenvalue weighted by Crippen LogP contribution is -2.35. The van der Waals surface area contributed by atoms with Gasteiger partial charge in [-0.2, -0.15) is 0 Å². The molecule has 0 bridgehead atoms. The van der Waals surface area contributed by atoms with Gasteiger partial charge in [0, 0.05) is 25.4 Å². The molecule has 0 aromatic heterocycles. The van der Waals surface area contributed by atoms with Crippen molar-refractivity contribution in [2.24, 2.45) is 0 Å². The van der Waals surface area contributed by atoms with Gasteiger partial charge in [-0.15, -0.1) is 0 Å². The van der Waals surface area contributed by atoms with Crippen LogP contribution in [0.15, 0.2) is 53.4 Å². The molecule has 1 N–H and O–H groups in total. The van der Waals surface area contributed by atoms with E-state index in [1.807, 2.05) is 36.4 Å². The molecule has 2 heterocycles. The summed E-state index contributed by atoms with van der Waals surface area (Å²) in [5.41, 5.74) is 2.85. The van der Waals surface area contributed by atoms with Crippen molar-refractivity contribution in [3.05, 3.63) is 59.7 Å². The molecule has 4 rings (SSSR count). The van der Waals surface area contributed by atoms with Gasteiger partial charge >= 0.3 is 0 Å². The van der Waals surface area contributed by atoms with E-state index in [0.717, 1.165) is 29.7 Å². The lowest BCUT2D eigenvalue weighted by Gasteiger charge is -2.30. The molecule has 1 fully saturated rings. The second-order valence-corrected chi connectivity index (χ2v) is 8.45. The Hall–Kier alpha value is -2.34. The topological polar surface area (TPSA) is 66.5 Å². The van der Waals surface area contributed by atoms with E-state index in [-0.39, 0.29) is 11.8 Å². The van der Waals surface area contributed by atoms with Crippen molar-refractivity contribution in [3.63, 3.8) is 0 Å². The van der Waals surface area contributed by atoms with E-state index in [0.29, 0.717) is 24.4 Å². The summed E-state index contributed by atoms with van der Waals surface area (Å²) in [6.45, 7) is 1.12. The Kier molecular flexibility index (Phi) is 4.00. The van der Waals surface area contributed by atoms with E-state index in [1.165, 1.54) is 4.31 Å². The first-order valence-corrected chi connectivity index (χ1v) is 9.97. The average Bonchev–Trinajstić information content (AvgIpc) is 3.08. The highest BCUT2D eigenvalue weighted by Gasteiger charge is 2.29. The van der Waals surface area contributed by atoms with E-state index >= 15 is 0 Å². The molecule has 0 aliphatic carbocycles. The maximum absolute atomic E-state index is 13.1. The SMILES string of the molecule is O=C1C[C@@H](c2ccc(S(=O)(=O)N3CCCc4ccccc43)cc2)CN1. The van der Waals surface area contributed by atoms with Crippen LogP contribution in [0.4, 0.5) is 5.69 Å². The summed E-state index contributed by atoms with van der Waals surface area (Å²) >= 11 is 0. The van der Waals surface area contributed by atoms with Gasteiger partial charge in [0.2, 0.25) is 5.91 Å². The van der Waals surface area contributed by atoms with Gasteiger partial charge in [0.25, 0.3) is 10.0 Å². The van der Waals surface area contributed by atoms with Gasteiger partial charge in [0.1, 0.15) is 0 Å². The second-order valence-electron chi connectivity index (χ2n) is 6.58. The second kappa shape index (κ2) is 6.19. The van der Waals surface area contributed by atoms with Crippen molar-refractivity contribution in [2.75, 3.05) is 17.4 Å². The molecule has 130 valence electrons. The largest absolute Gasteiger partial charge is 0.355 e. The number of sulfonamides is 1. The minimum Gasteiger partial charge on any atom is -0.355 e. The molecular formula is C19H20N2O3S. The molecular weight excluding hydrogens is 336 g/mol. The Morgan fingerprint density at radius 1 is 1.04 bits per heavy atom. The van der Waals surface area contributed by atoms with Crippen LogP contribution in [0.1, 0.15) is 29.9 Å². The molecule has 6 heteroatoms. The third-order valence-corrected chi connectivity index (χ3v) is 6.81. The van der Waals surface area contributed by atoms with Crippen LogP contribution in [0.3, 0.4) is 0 Å². The van der Waals surface area contributed by atoms with Gasteiger partial charge in [-0.05, 0) is 42.2 Å². The van der Waals surface area contributed by atoms with E-state index in [2.05, 4.69) is 5.32 Å². The van der Waals surface area contributed by atoms with E-state index in [4.69, 9.17) is 0 Å². The molecule has 1 atom stereocenters. The zero-order valence-electron chi connectivity index (χ0n) is 13.8. The summed E-state index contributed by atoms with van der Waals surface area (Å²) in [5.74, 6) is 0.173. The van der Waals surface area contributed by atoms with Gasteiger partial charge in [0.15, 0.2) is 0 Å². The van der Waals surface area contributed by atoms with Crippen molar-refractivity contribution >= 4 is 21.6 Å². The quantitative estimate of drug-likeness (QED) is 0.918. The molecule has 0 saturated carbocycles. The number of hydrogen-bond donors (Lipinski definition) is 1. The zero-order chi connectivity index (χ0) is 17.4. The number of carbonyl (C=O) groups excluding carboxylic acids is 1. The first-order chi connectivity index (χ1) is 12.1. The number of carbonyl (C=O) groups is 1. The standard InChI is InChI=1S/C19H20N2O3S/c22-19-12-16(13-20-19)14-7-9-17(10-8-14)25(23,24)21-11-3-5-15-4-1-2-6-18(15)21/h1-2,4,6-10,16H,3,5,11-13H2,(H,20,22)/t16-/m1/s1. The summed E-state index contributed by atoms with van der Waals surface area (Å²) in [6.07, 6.45) is 2.19. The van der Waals surface area contributed by atoms with Crippen molar-refractivity contribution in [1.82, 2.24) is 5.32 Å². The van der Waals surface area contributed by atoms with Crippen molar-refractivity contribution < 1.29 is 13.2 Å². The van der Waals surface area contributed by atoms with Crippen molar-refractivity contribution in [3.8, 4) is 0 Å². The first kappa shape index (κ1) is 16.1. The number of nitrogens with zero attached hydrogens (tertiary/aromatic N) is 1. The van der Waals surface area contributed by atoms with E-state index in [9.17, 15) is 13.2 Å². The minimum atomic E-state index is -3.58. The Morgan fingerprint density at radius 2 is 1.80 bits per heavy atom. The fourth-order valence-electron chi connectivity index (χ4n) is 3.63. The van der Waals surface area contributed by atoms with Crippen LogP contribution in [0, 0.1) is 0 Å². The molecule has 1 amide bonds. The molecule has 2 aliphatic heterocycles. The minimum absolute atomic E-state index is 0.0478. The molecule has 0 spiro atoms. The van der Waals surface area contributed by atoms with Crippen molar-refractivity contribution in [2.45, 2.75) is 30.1 Å². The van der Waals surface area contributed by atoms with Crippen LogP contribution in [0.25, 0.3) is 0 Å². The smallest absolute Gasteiger partial charge is 0.264 e. The summed E-state index contributed by atoms with van der Waals surface area (Å²) in [4.78, 5) is 11.7. The number of fused-ring (bicyclic) bond motifs is 1.